The summed E-state index contributed by atoms with van der Waals surface area (Å²) in [5.41, 5.74) is 3.78. The maximum Gasteiger partial charge on any atom is 0.100 e. The van der Waals surface area contributed by atoms with Crippen molar-refractivity contribution in [3.8, 4) is 0 Å². The van der Waals surface area contributed by atoms with Crippen LogP contribution in [0.4, 0.5) is 0 Å². The number of aliphatic hydroxyl groups excluding tert-OH is 1. The van der Waals surface area contributed by atoms with Crippen LogP contribution >= 0.6 is 0 Å². The number of hydrogen-bond acceptors (Lipinski definition) is 1. The van der Waals surface area contributed by atoms with Crippen molar-refractivity contribution in [2.24, 2.45) is 0 Å². The van der Waals surface area contributed by atoms with E-state index in [0.29, 0.717) is 5.92 Å². The molecule has 1 atom stereocenters. The molecule has 1 saturated carbocycles. The smallest absolute Gasteiger partial charge is 0.100 e. The Morgan fingerprint density at radius 1 is 1.12 bits per heavy atom. The fourth-order valence-electron chi connectivity index (χ4n) is 2.84. The monoisotopic (exact) mass is 228 g/mol. The second-order valence-electron chi connectivity index (χ2n) is 5.33. The van der Waals surface area contributed by atoms with E-state index in [0.717, 1.165) is 18.4 Å². The highest BCUT2D eigenvalue weighted by atomic mass is 16.3. The minimum absolute atomic E-state index is 0.355. The first kappa shape index (κ1) is 11.0. The summed E-state index contributed by atoms with van der Waals surface area (Å²) in [6.45, 7) is 0. The average molecular weight is 228 g/mol. The molecule has 2 aliphatic carbocycles. The lowest BCUT2D eigenvalue weighted by atomic mass is 9.89. The molecular weight excluding hydrogens is 208 g/mol. The third-order valence-electron chi connectivity index (χ3n) is 3.99. The molecule has 1 unspecified atom stereocenters. The van der Waals surface area contributed by atoms with Gasteiger partial charge in [-0.25, -0.2) is 0 Å². The van der Waals surface area contributed by atoms with Crippen molar-refractivity contribution in [1.82, 2.24) is 0 Å². The van der Waals surface area contributed by atoms with Crippen LogP contribution in [0.2, 0.25) is 0 Å². The molecule has 0 saturated heterocycles. The van der Waals surface area contributed by atoms with Crippen molar-refractivity contribution in [2.45, 2.75) is 50.5 Å². The Morgan fingerprint density at radius 2 is 1.94 bits per heavy atom. The van der Waals surface area contributed by atoms with Crippen LogP contribution in [0.3, 0.4) is 0 Å². The van der Waals surface area contributed by atoms with Crippen molar-refractivity contribution >= 4 is 0 Å². The maximum absolute atomic E-state index is 10.5. The van der Waals surface area contributed by atoms with Crippen LogP contribution in [0.25, 0.3) is 0 Å². The standard InChI is InChI=1S/C16H20O/c17-16(13-6-2-1-3-7-13)15-9-5-4-8-14(15)12-10-11-12/h4-6,8-9,12,16-17H,1-3,7,10-11H2. The van der Waals surface area contributed by atoms with Crippen molar-refractivity contribution in [1.29, 1.82) is 0 Å². The predicted molar refractivity (Wildman–Crippen MR) is 69.9 cm³/mol. The van der Waals surface area contributed by atoms with Crippen molar-refractivity contribution < 1.29 is 5.11 Å². The van der Waals surface area contributed by atoms with Gasteiger partial charge in [-0.3, -0.25) is 0 Å². The first-order valence-corrected chi connectivity index (χ1v) is 6.82. The predicted octanol–water partition coefficient (Wildman–Crippen LogP) is 4.10. The number of rotatable bonds is 3. The van der Waals surface area contributed by atoms with Gasteiger partial charge in [0.05, 0.1) is 0 Å². The van der Waals surface area contributed by atoms with Crippen LogP contribution in [0.1, 0.15) is 61.7 Å². The van der Waals surface area contributed by atoms with Gasteiger partial charge in [0.25, 0.3) is 0 Å². The van der Waals surface area contributed by atoms with E-state index in [1.807, 2.05) is 6.07 Å². The highest BCUT2D eigenvalue weighted by molar-refractivity contribution is 5.38. The fourth-order valence-corrected chi connectivity index (χ4v) is 2.84. The van der Waals surface area contributed by atoms with Crippen LogP contribution in [-0.2, 0) is 0 Å². The van der Waals surface area contributed by atoms with Gasteiger partial charge in [-0.15, -0.1) is 0 Å². The van der Waals surface area contributed by atoms with E-state index >= 15 is 0 Å². The zero-order valence-electron chi connectivity index (χ0n) is 10.2. The number of hydrogen-bond donors (Lipinski definition) is 1. The van der Waals surface area contributed by atoms with E-state index in [1.165, 1.54) is 36.8 Å². The Balaban J connectivity index is 1.89. The highest BCUT2D eigenvalue weighted by Gasteiger charge is 2.28. The zero-order valence-corrected chi connectivity index (χ0v) is 10.2. The van der Waals surface area contributed by atoms with Crippen molar-refractivity contribution in [3.05, 3.63) is 47.0 Å². The van der Waals surface area contributed by atoms with Gasteiger partial charge >= 0.3 is 0 Å². The molecule has 3 rings (SSSR count). The summed E-state index contributed by atoms with van der Waals surface area (Å²) in [5, 5.41) is 10.5. The lowest BCUT2D eigenvalue weighted by molar-refractivity contribution is 0.207. The average Bonchev–Trinajstić information content (AvgIpc) is 3.23. The summed E-state index contributed by atoms with van der Waals surface area (Å²) in [5.74, 6) is 0.713. The molecule has 0 radical (unpaired) electrons. The van der Waals surface area contributed by atoms with E-state index < -0.39 is 0 Å². The Bertz CT molecular complexity index is 429. The molecule has 1 aromatic rings. The molecule has 17 heavy (non-hydrogen) atoms. The molecule has 1 N–H and O–H groups in total. The Morgan fingerprint density at radius 3 is 2.65 bits per heavy atom. The molecule has 1 fully saturated rings. The lowest BCUT2D eigenvalue weighted by Crippen LogP contribution is -2.07. The highest BCUT2D eigenvalue weighted by Crippen LogP contribution is 2.44. The second kappa shape index (κ2) is 4.66. The van der Waals surface area contributed by atoms with E-state index in [-0.39, 0.29) is 6.10 Å². The first-order chi connectivity index (χ1) is 8.36. The summed E-state index contributed by atoms with van der Waals surface area (Å²) in [6.07, 6.45) is 9.20. The van der Waals surface area contributed by atoms with Crippen molar-refractivity contribution in [3.63, 3.8) is 0 Å². The van der Waals surface area contributed by atoms with Crippen LogP contribution in [0, 0.1) is 0 Å². The summed E-state index contributed by atoms with van der Waals surface area (Å²) in [6, 6.07) is 8.44. The van der Waals surface area contributed by atoms with Gasteiger partial charge in [0.15, 0.2) is 0 Å². The topological polar surface area (TPSA) is 20.2 Å². The lowest BCUT2D eigenvalue weighted by Gasteiger charge is -2.21. The molecule has 2 aliphatic rings. The van der Waals surface area contributed by atoms with Gasteiger partial charge in [0.2, 0.25) is 0 Å². The molecule has 0 aromatic heterocycles. The first-order valence-electron chi connectivity index (χ1n) is 6.82. The Hall–Kier alpha value is -1.08. The number of allylic oxidation sites excluding steroid dienone is 1. The second-order valence-corrected chi connectivity index (χ2v) is 5.33. The third-order valence-corrected chi connectivity index (χ3v) is 3.99. The van der Waals surface area contributed by atoms with E-state index in [1.54, 1.807) is 0 Å². The molecule has 0 bridgehead atoms. The summed E-state index contributed by atoms with van der Waals surface area (Å²) >= 11 is 0. The molecule has 1 heteroatoms. The van der Waals surface area contributed by atoms with Gasteiger partial charge < -0.3 is 5.11 Å². The molecule has 0 heterocycles. The van der Waals surface area contributed by atoms with Crippen molar-refractivity contribution in [2.75, 3.05) is 0 Å². The summed E-state index contributed by atoms with van der Waals surface area (Å²) < 4.78 is 0. The van der Waals surface area contributed by atoms with Gasteiger partial charge in [0, 0.05) is 0 Å². The molecule has 0 aliphatic heterocycles. The normalized spacial score (nSPS) is 22.1. The quantitative estimate of drug-likeness (QED) is 0.772. The molecule has 1 aromatic carbocycles. The van der Waals surface area contributed by atoms with Crippen LogP contribution in [0.5, 0.6) is 0 Å². The van der Waals surface area contributed by atoms with E-state index in [9.17, 15) is 5.11 Å². The van der Waals surface area contributed by atoms with Crippen LogP contribution in [-0.4, -0.2) is 5.11 Å². The molecule has 0 amide bonds. The minimum Gasteiger partial charge on any atom is -0.384 e. The summed E-state index contributed by atoms with van der Waals surface area (Å²) in [7, 11) is 0. The van der Waals surface area contributed by atoms with Gasteiger partial charge in [-0.05, 0) is 61.1 Å². The van der Waals surface area contributed by atoms with E-state index in [2.05, 4.69) is 24.3 Å². The number of aliphatic hydroxyl groups is 1. The zero-order chi connectivity index (χ0) is 11.7. The largest absolute Gasteiger partial charge is 0.384 e. The molecular formula is C16H20O. The van der Waals surface area contributed by atoms with Crippen LogP contribution in [0.15, 0.2) is 35.9 Å². The Labute approximate surface area is 103 Å². The Kier molecular flexibility index (Phi) is 3.02. The summed E-state index contributed by atoms with van der Waals surface area (Å²) in [4.78, 5) is 0. The molecule has 0 spiro atoms. The fraction of sp³-hybridized carbons (Fsp3) is 0.500. The van der Waals surface area contributed by atoms with Gasteiger partial charge in [0.1, 0.15) is 6.10 Å². The van der Waals surface area contributed by atoms with Crippen LogP contribution < -0.4 is 0 Å². The SMILES string of the molecule is OC(C1=CCCCC1)c1ccccc1C1CC1. The third kappa shape index (κ3) is 2.30. The molecule has 90 valence electrons. The molecule has 1 nitrogen and oxygen atoms in total. The van der Waals surface area contributed by atoms with Gasteiger partial charge in [-0.1, -0.05) is 30.3 Å². The maximum atomic E-state index is 10.5. The van der Waals surface area contributed by atoms with Gasteiger partial charge in [-0.2, -0.15) is 0 Å². The minimum atomic E-state index is -0.355. The number of benzene rings is 1. The van der Waals surface area contributed by atoms with E-state index in [4.69, 9.17) is 0 Å².